The molecule has 2 rings (SSSR count). The molecular weight excluding hydrogens is 272 g/mol. The maximum Gasteiger partial charge on any atom is 0.325 e. The van der Waals surface area contributed by atoms with E-state index in [0.29, 0.717) is 12.5 Å². The molecule has 1 heterocycles. The fourth-order valence-electron chi connectivity index (χ4n) is 3.04. The van der Waals surface area contributed by atoms with E-state index in [0.717, 1.165) is 25.7 Å². The number of urea groups is 1. The molecule has 2 unspecified atom stereocenters. The van der Waals surface area contributed by atoms with Gasteiger partial charge in [-0.05, 0) is 39.2 Å². The molecule has 7 heteroatoms. The Hall–Kier alpha value is -1.63. The molecule has 1 aliphatic heterocycles. The van der Waals surface area contributed by atoms with Crippen molar-refractivity contribution < 1.29 is 14.4 Å². The van der Waals surface area contributed by atoms with E-state index in [1.807, 2.05) is 0 Å². The van der Waals surface area contributed by atoms with Crippen molar-refractivity contribution in [3.05, 3.63) is 0 Å². The average Bonchev–Trinajstić information content (AvgIpc) is 2.62. The molecule has 118 valence electrons. The van der Waals surface area contributed by atoms with Gasteiger partial charge in [0.25, 0.3) is 5.91 Å². The first-order chi connectivity index (χ1) is 9.86. The Kier molecular flexibility index (Phi) is 4.51. The summed E-state index contributed by atoms with van der Waals surface area (Å²) >= 11 is 0. The lowest BCUT2D eigenvalue weighted by atomic mass is 9.84. The predicted molar refractivity (Wildman–Crippen MR) is 77.3 cm³/mol. The SMILES string of the molecule is CC1(C)C(=O)NC(=O)N1CC(=O)NC1CCCCC1CN. The molecule has 4 N–H and O–H groups in total. The molecule has 0 radical (unpaired) electrons. The molecule has 1 saturated heterocycles. The lowest BCUT2D eigenvalue weighted by molar-refractivity contribution is -0.127. The fraction of sp³-hybridized carbons (Fsp3) is 0.786. The van der Waals surface area contributed by atoms with Crippen molar-refractivity contribution in [2.24, 2.45) is 11.7 Å². The monoisotopic (exact) mass is 296 g/mol. The van der Waals surface area contributed by atoms with Gasteiger partial charge in [-0.1, -0.05) is 12.8 Å². The van der Waals surface area contributed by atoms with E-state index >= 15 is 0 Å². The van der Waals surface area contributed by atoms with Gasteiger partial charge in [0, 0.05) is 6.04 Å². The minimum absolute atomic E-state index is 0.0701. The molecule has 0 spiro atoms. The normalized spacial score (nSPS) is 28.4. The zero-order valence-corrected chi connectivity index (χ0v) is 12.6. The summed E-state index contributed by atoms with van der Waals surface area (Å²) in [6.07, 6.45) is 4.16. The van der Waals surface area contributed by atoms with Gasteiger partial charge in [-0.2, -0.15) is 0 Å². The third kappa shape index (κ3) is 3.18. The number of hydrogen-bond donors (Lipinski definition) is 3. The van der Waals surface area contributed by atoms with E-state index in [2.05, 4.69) is 10.6 Å². The van der Waals surface area contributed by atoms with Crippen LogP contribution < -0.4 is 16.4 Å². The van der Waals surface area contributed by atoms with Crippen LogP contribution in [-0.4, -0.2) is 47.4 Å². The Balaban J connectivity index is 1.95. The Morgan fingerprint density at radius 3 is 2.62 bits per heavy atom. The molecule has 0 bridgehead atoms. The largest absolute Gasteiger partial charge is 0.352 e. The number of rotatable bonds is 4. The molecule has 0 aromatic carbocycles. The van der Waals surface area contributed by atoms with Crippen LogP contribution in [0.5, 0.6) is 0 Å². The zero-order chi connectivity index (χ0) is 15.6. The van der Waals surface area contributed by atoms with Crippen LogP contribution in [0.1, 0.15) is 39.5 Å². The van der Waals surface area contributed by atoms with Crippen LogP contribution >= 0.6 is 0 Å². The van der Waals surface area contributed by atoms with Crippen molar-refractivity contribution in [1.29, 1.82) is 0 Å². The lowest BCUT2D eigenvalue weighted by Crippen LogP contribution is -2.52. The van der Waals surface area contributed by atoms with Gasteiger partial charge in [0.1, 0.15) is 12.1 Å². The van der Waals surface area contributed by atoms with Crippen LogP contribution in [0.25, 0.3) is 0 Å². The average molecular weight is 296 g/mol. The molecule has 1 aliphatic carbocycles. The molecule has 2 aliphatic rings. The van der Waals surface area contributed by atoms with Gasteiger partial charge in [0.05, 0.1) is 0 Å². The van der Waals surface area contributed by atoms with Crippen LogP contribution in [0.4, 0.5) is 4.79 Å². The lowest BCUT2D eigenvalue weighted by Gasteiger charge is -2.33. The molecule has 21 heavy (non-hydrogen) atoms. The van der Waals surface area contributed by atoms with Gasteiger partial charge in [-0.15, -0.1) is 0 Å². The summed E-state index contributed by atoms with van der Waals surface area (Å²) in [4.78, 5) is 36.9. The van der Waals surface area contributed by atoms with Crippen molar-refractivity contribution in [2.45, 2.75) is 51.1 Å². The minimum atomic E-state index is -0.992. The van der Waals surface area contributed by atoms with E-state index in [1.54, 1.807) is 13.8 Å². The van der Waals surface area contributed by atoms with E-state index in [4.69, 9.17) is 5.73 Å². The number of carbonyl (C=O) groups excluding carboxylic acids is 3. The smallest absolute Gasteiger partial charge is 0.325 e. The highest BCUT2D eigenvalue weighted by atomic mass is 16.2. The van der Waals surface area contributed by atoms with Crippen molar-refractivity contribution >= 4 is 17.8 Å². The number of imide groups is 1. The van der Waals surface area contributed by atoms with Crippen LogP contribution in [0.2, 0.25) is 0 Å². The van der Waals surface area contributed by atoms with E-state index in [-0.39, 0.29) is 24.4 Å². The highest BCUT2D eigenvalue weighted by Gasteiger charge is 2.46. The molecule has 7 nitrogen and oxygen atoms in total. The summed E-state index contributed by atoms with van der Waals surface area (Å²) in [5.41, 5.74) is 4.75. The maximum atomic E-state index is 12.2. The second-order valence-corrected chi connectivity index (χ2v) is 6.36. The molecule has 0 aromatic rings. The van der Waals surface area contributed by atoms with Crippen LogP contribution in [0.3, 0.4) is 0 Å². The van der Waals surface area contributed by atoms with Gasteiger partial charge in [0.15, 0.2) is 0 Å². The third-order valence-electron chi connectivity index (χ3n) is 4.56. The van der Waals surface area contributed by atoms with Gasteiger partial charge in [-0.3, -0.25) is 14.9 Å². The molecule has 2 atom stereocenters. The van der Waals surface area contributed by atoms with Crippen LogP contribution in [-0.2, 0) is 9.59 Å². The van der Waals surface area contributed by atoms with Gasteiger partial charge in [0.2, 0.25) is 5.91 Å². The number of nitrogens with zero attached hydrogens (tertiary/aromatic N) is 1. The van der Waals surface area contributed by atoms with Crippen molar-refractivity contribution in [3.8, 4) is 0 Å². The summed E-state index contributed by atoms with van der Waals surface area (Å²) in [5, 5.41) is 5.20. The van der Waals surface area contributed by atoms with Gasteiger partial charge < -0.3 is 16.0 Å². The zero-order valence-electron chi connectivity index (χ0n) is 12.6. The predicted octanol–water partition coefficient (Wildman–Crippen LogP) is -0.0495. The first-order valence-corrected chi connectivity index (χ1v) is 7.48. The second kappa shape index (κ2) is 6.01. The summed E-state index contributed by atoms with van der Waals surface area (Å²) in [6, 6.07) is -0.445. The number of nitrogens with one attached hydrogen (secondary N) is 2. The third-order valence-corrected chi connectivity index (χ3v) is 4.56. The van der Waals surface area contributed by atoms with Crippen molar-refractivity contribution in [3.63, 3.8) is 0 Å². The molecule has 1 saturated carbocycles. The summed E-state index contributed by atoms with van der Waals surface area (Å²) in [5.74, 6) is -0.319. The Morgan fingerprint density at radius 1 is 1.38 bits per heavy atom. The molecule has 0 aromatic heterocycles. The van der Waals surface area contributed by atoms with E-state index in [1.165, 1.54) is 4.90 Å². The number of hydrogen-bond acceptors (Lipinski definition) is 4. The standard InChI is InChI=1S/C14H24N4O3/c1-14(2)12(20)17-13(21)18(14)8-11(19)16-10-6-4-3-5-9(10)7-15/h9-10H,3-8,15H2,1-2H3,(H,16,19)(H,17,20,21). The van der Waals surface area contributed by atoms with Crippen LogP contribution in [0, 0.1) is 5.92 Å². The van der Waals surface area contributed by atoms with Crippen molar-refractivity contribution in [2.75, 3.05) is 13.1 Å². The number of amides is 4. The molecular formula is C14H24N4O3. The topological polar surface area (TPSA) is 105 Å². The van der Waals surface area contributed by atoms with E-state index in [9.17, 15) is 14.4 Å². The van der Waals surface area contributed by atoms with Gasteiger partial charge in [-0.25, -0.2) is 4.79 Å². The Labute approximate surface area is 124 Å². The number of nitrogens with two attached hydrogens (primary N) is 1. The highest BCUT2D eigenvalue weighted by molar-refractivity contribution is 6.07. The summed E-state index contributed by atoms with van der Waals surface area (Å²) < 4.78 is 0. The summed E-state index contributed by atoms with van der Waals surface area (Å²) in [6.45, 7) is 3.70. The first-order valence-electron chi connectivity index (χ1n) is 7.48. The molecule has 2 fully saturated rings. The highest BCUT2D eigenvalue weighted by Crippen LogP contribution is 2.24. The first kappa shape index (κ1) is 15.8. The minimum Gasteiger partial charge on any atom is -0.352 e. The van der Waals surface area contributed by atoms with Crippen molar-refractivity contribution in [1.82, 2.24) is 15.5 Å². The van der Waals surface area contributed by atoms with E-state index < -0.39 is 11.6 Å². The van der Waals surface area contributed by atoms with Crippen LogP contribution in [0.15, 0.2) is 0 Å². The Bertz CT molecular complexity index is 450. The molecule has 4 amide bonds. The second-order valence-electron chi connectivity index (χ2n) is 6.36. The van der Waals surface area contributed by atoms with Gasteiger partial charge >= 0.3 is 6.03 Å². The maximum absolute atomic E-state index is 12.2. The fourth-order valence-corrected chi connectivity index (χ4v) is 3.04. The number of carbonyl (C=O) groups is 3. The Morgan fingerprint density at radius 2 is 2.05 bits per heavy atom. The quantitative estimate of drug-likeness (QED) is 0.633. The summed E-state index contributed by atoms with van der Waals surface area (Å²) in [7, 11) is 0.